The van der Waals surface area contributed by atoms with Gasteiger partial charge in [0.05, 0.1) is 11.4 Å². The van der Waals surface area contributed by atoms with Gasteiger partial charge in [-0.1, -0.05) is 74.0 Å². The highest BCUT2D eigenvalue weighted by Gasteiger charge is 2.14. The van der Waals surface area contributed by atoms with Crippen molar-refractivity contribution < 1.29 is 4.79 Å². The van der Waals surface area contributed by atoms with Crippen molar-refractivity contribution in [1.82, 2.24) is 15.3 Å². The number of nitrogens with one attached hydrogen (secondary N) is 1. The summed E-state index contributed by atoms with van der Waals surface area (Å²) in [6.45, 7) is 2.72. The highest BCUT2D eigenvalue weighted by atomic mass is 16.2. The molecule has 0 saturated carbocycles. The maximum Gasteiger partial charge on any atom is 0.289 e. The van der Waals surface area contributed by atoms with Gasteiger partial charge in [-0.3, -0.25) is 4.79 Å². The van der Waals surface area contributed by atoms with E-state index in [-0.39, 0.29) is 11.7 Å². The molecule has 0 saturated heterocycles. The monoisotopic (exact) mass is 331 g/mol. The molecular weight excluding hydrogens is 310 g/mol. The van der Waals surface area contributed by atoms with Gasteiger partial charge in [-0.2, -0.15) is 0 Å². The first-order valence-electron chi connectivity index (χ1n) is 8.56. The van der Waals surface area contributed by atoms with Gasteiger partial charge < -0.3 is 5.32 Å². The van der Waals surface area contributed by atoms with E-state index in [9.17, 15) is 4.79 Å². The van der Waals surface area contributed by atoms with Crippen molar-refractivity contribution >= 4 is 5.91 Å². The van der Waals surface area contributed by atoms with Gasteiger partial charge in [0.25, 0.3) is 5.91 Å². The zero-order valence-electron chi connectivity index (χ0n) is 14.3. The molecule has 0 spiro atoms. The first-order valence-corrected chi connectivity index (χ1v) is 8.56. The number of benzene rings is 2. The Morgan fingerprint density at radius 2 is 1.40 bits per heavy atom. The fourth-order valence-corrected chi connectivity index (χ4v) is 2.52. The lowest BCUT2D eigenvalue weighted by molar-refractivity contribution is 0.0943. The molecule has 0 unspecified atom stereocenters. The zero-order valence-corrected chi connectivity index (χ0v) is 14.3. The van der Waals surface area contributed by atoms with E-state index in [1.807, 2.05) is 66.7 Å². The first kappa shape index (κ1) is 16.8. The van der Waals surface area contributed by atoms with Crippen LogP contribution < -0.4 is 5.32 Å². The van der Waals surface area contributed by atoms with Crippen LogP contribution in [0.3, 0.4) is 0 Å². The van der Waals surface area contributed by atoms with Gasteiger partial charge in [0.15, 0.2) is 0 Å². The number of amides is 1. The number of unbranched alkanes of at least 4 members (excludes halogenated alkanes) is 1. The second-order valence-corrected chi connectivity index (χ2v) is 5.80. The van der Waals surface area contributed by atoms with Gasteiger partial charge in [-0.15, -0.1) is 0 Å². The van der Waals surface area contributed by atoms with Crippen LogP contribution in [0.2, 0.25) is 0 Å². The van der Waals surface area contributed by atoms with Gasteiger partial charge >= 0.3 is 0 Å². The molecule has 3 rings (SSSR count). The second kappa shape index (κ2) is 8.20. The minimum Gasteiger partial charge on any atom is -0.349 e. The lowest BCUT2D eigenvalue weighted by Crippen LogP contribution is -2.26. The van der Waals surface area contributed by atoms with E-state index < -0.39 is 0 Å². The van der Waals surface area contributed by atoms with Crippen LogP contribution in [0.25, 0.3) is 22.5 Å². The van der Waals surface area contributed by atoms with Gasteiger partial charge in [-0.25, -0.2) is 9.97 Å². The van der Waals surface area contributed by atoms with Gasteiger partial charge in [0.2, 0.25) is 5.82 Å². The van der Waals surface area contributed by atoms with Crippen molar-refractivity contribution in [3.63, 3.8) is 0 Å². The minimum atomic E-state index is -0.233. The fourth-order valence-electron chi connectivity index (χ4n) is 2.52. The van der Waals surface area contributed by atoms with Crippen LogP contribution in [0, 0.1) is 0 Å². The number of hydrogen-bond donors (Lipinski definition) is 1. The molecule has 1 aromatic heterocycles. The number of aromatic nitrogens is 2. The Hall–Kier alpha value is -3.01. The fraction of sp³-hybridized carbons (Fsp3) is 0.190. The van der Waals surface area contributed by atoms with E-state index >= 15 is 0 Å². The third kappa shape index (κ3) is 4.29. The lowest BCUT2D eigenvalue weighted by atomic mass is 10.1. The summed E-state index contributed by atoms with van der Waals surface area (Å²) in [7, 11) is 0. The molecule has 126 valence electrons. The maximum absolute atomic E-state index is 12.5. The van der Waals surface area contributed by atoms with Crippen LogP contribution in [0.5, 0.6) is 0 Å². The van der Waals surface area contributed by atoms with Crippen LogP contribution >= 0.6 is 0 Å². The third-order valence-electron chi connectivity index (χ3n) is 3.88. The standard InChI is InChI=1S/C21H21N3O/c1-2-3-14-22-21(25)20-23-18(16-10-6-4-7-11-16)15-19(24-20)17-12-8-5-9-13-17/h4-13,15H,2-3,14H2,1H3,(H,22,25). The molecule has 1 N–H and O–H groups in total. The SMILES string of the molecule is CCCCNC(=O)c1nc(-c2ccccc2)cc(-c2ccccc2)n1. The van der Waals surface area contributed by atoms with Crippen molar-refractivity contribution in [2.45, 2.75) is 19.8 Å². The van der Waals surface area contributed by atoms with Gasteiger partial charge in [0, 0.05) is 17.7 Å². The number of carbonyl (C=O) groups is 1. The van der Waals surface area contributed by atoms with Crippen molar-refractivity contribution in [3.8, 4) is 22.5 Å². The summed E-state index contributed by atoms with van der Waals surface area (Å²) in [4.78, 5) is 21.4. The van der Waals surface area contributed by atoms with E-state index in [0.29, 0.717) is 6.54 Å². The largest absolute Gasteiger partial charge is 0.349 e. The Morgan fingerprint density at radius 1 is 0.880 bits per heavy atom. The normalized spacial score (nSPS) is 10.4. The smallest absolute Gasteiger partial charge is 0.289 e. The van der Waals surface area contributed by atoms with Gasteiger partial charge in [-0.05, 0) is 12.5 Å². The number of nitrogens with zero attached hydrogens (tertiary/aromatic N) is 2. The molecule has 4 nitrogen and oxygen atoms in total. The summed E-state index contributed by atoms with van der Waals surface area (Å²) in [6, 6.07) is 21.6. The molecule has 4 heteroatoms. The summed E-state index contributed by atoms with van der Waals surface area (Å²) in [5.74, 6) is -0.0280. The number of hydrogen-bond acceptors (Lipinski definition) is 3. The summed E-state index contributed by atoms with van der Waals surface area (Å²) in [6.07, 6.45) is 1.97. The van der Waals surface area contributed by atoms with Crippen LogP contribution in [-0.2, 0) is 0 Å². The quantitative estimate of drug-likeness (QED) is 0.684. The Bertz CT molecular complexity index is 775. The molecule has 0 radical (unpaired) electrons. The Morgan fingerprint density at radius 3 is 1.88 bits per heavy atom. The lowest BCUT2D eigenvalue weighted by Gasteiger charge is -2.09. The van der Waals surface area contributed by atoms with Crippen LogP contribution in [0.1, 0.15) is 30.4 Å². The molecule has 0 aliphatic heterocycles. The molecule has 3 aromatic rings. The Balaban J connectivity index is 2.01. The van der Waals surface area contributed by atoms with Crippen molar-refractivity contribution in [1.29, 1.82) is 0 Å². The van der Waals surface area contributed by atoms with Crippen LogP contribution in [0.4, 0.5) is 0 Å². The van der Waals surface area contributed by atoms with Crippen LogP contribution in [0.15, 0.2) is 66.7 Å². The second-order valence-electron chi connectivity index (χ2n) is 5.80. The summed E-state index contributed by atoms with van der Waals surface area (Å²) < 4.78 is 0. The predicted molar refractivity (Wildman–Crippen MR) is 100 cm³/mol. The van der Waals surface area contributed by atoms with E-state index in [2.05, 4.69) is 22.2 Å². The maximum atomic E-state index is 12.5. The minimum absolute atomic E-state index is 0.205. The molecule has 0 bridgehead atoms. The summed E-state index contributed by atoms with van der Waals surface area (Å²) in [5.41, 5.74) is 3.42. The van der Waals surface area contributed by atoms with Crippen LogP contribution in [-0.4, -0.2) is 22.4 Å². The average molecular weight is 331 g/mol. The van der Waals surface area contributed by atoms with E-state index in [1.165, 1.54) is 0 Å². The topological polar surface area (TPSA) is 54.9 Å². The van der Waals surface area contributed by atoms with E-state index in [4.69, 9.17) is 0 Å². The van der Waals surface area contributed by atoms with E-state index in [1.54, 1.807) is 0 Å². The summed E-state index contributed by atoms with van der Waals surface area (Å²) in [5, 5.41) is 2.89. The van der Waals surface area contributed by atoms with Gasteiger partial charge in [0.1, 0.15) is 0 Å². The number of rotatable bonds is 6. The van der Waals surface area contributed by atoms with Crippen molar-refractivity contribution in [3.05, 3.63) is 72.6 Å². The molecule has 1 heterocycles. The first-order chi connectivity index (χ1) is 12.3. The highest BCUT2D eigenvalue weighted by molar-refractivity contribution is 5.91. The van der Waals surface area contributed by atoms with Crippen molar-refractivity contribution in [2.75, 3.05) is 6.54 Å². The predicted octanol–water partition coefficient (Wildman–Crippen LogP) is 4.34. The molecule has 0 aliphatic rings. The molecule has 1 amide bonds. The Labute approximate surface area is 148 Å². The molecule has 2 aromatic carbocycles. The highest BCUT2D eigenvalue weighted by Crippen LogP contribution is 2.23. The van der Waals surface area contributed by atoms with Crippen molar-refractivity contribution in [2.24, 2.45) is 0 Å². The molecule has 0 fully saturated rings. The number of carbonyl (C=O) groups excluding carboxylic acids is 1. The molecule has 25 heavy (non-hydrogen) atoms. The summed E-state index contributed by atoms with van der Waals surface area (Å²) >= 11 is 0. The average Bonchev–Trinajstić information content (AvgIpc) is 2.69. The molecule has 0 atom stereocenters. The van der Waals surface area contributed by atoms with E-state index in [0.717, 1.165) is 35.4 Å². The molecular formula is C21H21N3O. The third-order valence-corrected chi connectivity index (χ3v) is 3.88. The molecule has 0 aliphatic carbocycles. The zero-order chi connectivity index (χ0) is 17.5. The Kier molecular flexibility index (Phi) is 5.52.